The van der Waals surface area contributed by atoms with Crippen molar-refractivity contribution >= 4 is 0 Å². The molecular formula is C18H35N3. The molecule has 3 saturated heterocycles. The Morgan fingerprint density at radius 3 is 2.24 bits per heavy atom. The molecule has 1 N–H and O–H groups in total. The Morgan fingerprint density at radius 2 is 1.57 bits per heavy atom. The van der Waals surface area contributed by atoms with Crippen molar-refractivity contribution in [1.29, 1.82) is 0 Å². The van der Waals surface area contributed by atoms with E-state index in [9.17, 15) is 0 Å². The van der Waals surface area contributed by atoms with Crippen molar-refractivity contribution < 1.29 is 0 Å². The van der Waals surface area contributed by atoms with Crippen LogP contribution in [0.1, 0.15) is 52.4 Å². The van der Waals surface area contributed by atoms with Crippen LogP contribution in [0.5, 0.6) is 0 Å². The van der Waals surface area contributed by atoms with Gasteiger partial charge in [0.15, 0.2) is 0 Å². The molecule has 3 rings (SSSR count). The van der Waals surface area contributed by atoms with Gasteiger partial charge in [-0.1, -0.05) is 13.8 Å². The summed E-state index contributed by atoms with van der Waals surface area (Å²) in [6, 6.07) is 0.696. The van der Waals surface area contributed by atoms with Crippen LogP contribution in [0, 0.1) is 11.3 Å². The zero-order valence-electron chi connectivity index (χ0n) is 14.2. The summed E-state index contributed by atoms with van der Waals surface area (Å²) in [6.45, 7) is 14.1. The average Bonchev–Trinajstić information content (AvgIpc) is 2.96. The summed E-state index contributed by atoms with van der Waals surface area (Å²) in [5.41, 5.74) is 0.477. The van der Waals surface area contributed by atoms with Gasteiger partial charge in [-0.05, 0) is 82.6 Å². The highest BCUT2D eigenvalue weighted by Crippen LogP contribution is 2.31. The average molecular weight is 293 g/mol. The first-order valence-corrected chi connectivity index (χ1v) is 9.31. The summed E-state index contributed by atoms with van der Waals surface area (Å²) < 4.78 is 0. The maximum absolute atomic E-state index is 3.78. The minimum absolute atomic E-state index is 0.477. The molecule has 0 aliphatic carbocycles. The minimum Gasteiger partial charge on any atom is -0.312 e. The molecule has 3 aliphatic heterocycles. The lowest BCUT2D eigenvalue weighted by atomic mass is 9.77. The molecule has 0 amide bonds. The highest BCUT2D eigenvalue weighted by Gasteiger charge is 2.34. The summed E-state index contributed by atoms with van der Waals surface area (Å²) in [4.78, 5) is 5.43. The number of piperidine rings is 2. The van der Waals surface area contributed by atoms with Gasteiger partial charge < -0.3 is 15.1 Å². The van der Waals surface area contributed by atoms with Crippen LogP contribution >= 0.6 is 0 Å². The van der Waals surface area contributed by atoms with Gasteiger partial charge in [-0.3, -0.25) is 0 Å². The van der Waals surface area contributed by atoms with Crippen LogP contribution in [0.2, 0.25) is 0 Å². The van der Waals surface area contributed by atoms with Crippen LogP contribution in [0.4, 0.5) is 0 Å². The Labute approximate surface area is 131 Å². The van der Waals surface area contributed by atoms with E-state index in [4.69, 9.17) is 0 Å². The lowest BCUT2D eigenvalue weighted by Gasteiger charge is -2.43. The summed E-state index contributed by atoms with van der Waals surface area (Å²) in [7, 11) is 0. The predicted octanol–water partition coefficient (Wildman–Crippen LogP) is 2.57. The van der Waals surface area contributed by atoms with E-state index >= 15 is 0 Å². The molecule has 3 heteroatoms. The fraction of sp³-hybridized carbons (Fsp3) is 1.00. The Balaban J connectivity index is 1.41. The maximum Gasteiger partial charge on any atom is 0.0246 e. The quantitative estimate of drug-likeness (QED) is 0.859. The van der Waals surface area contributed by atoms with Crippen molar-refractivity contribution in [2.75, 3.05) is 45.8 Å². The highest BCUT2D eigenvalue weighted by atomic mass is 15.2. The fourth-order valence-corrected chi connectivity index (χ4v) is 4.52. The van der Waals surface area contributed by atoms with Gasteiger partial charge in [0.2, 0.25) is 0 Å². The Morgan fingerprint density at radius 1 is 0.905 bits per heavy atom. The molecule has 0 aromatic rings. The topological polar surface area (TPSA) is 18.5 Å². The minimum atomic E-state index is 0.477. The van der Waals surface area contributed by atoms with Gasteiger partial charge in [0.05, 0.1) is 0 Å². The Kier molecular flexibility index (Phi) is 5.23. The number of likely N-dealkylation sites (tertiary alicyclic amines) is 2. The summed E-state index contributed by atoms with van der Waals surface area (Å²) in [6.07, 6.45) is 8.44. The summed E-state index contributed by atoms with van der Waals surface area (Å²) in [5.74, 6) is 0.965. The number of hydrogen-bond donors (Lipinski definition) is 1. The van der Waals surface area contributed by atoms with Gasteiger partial charge in [-0.25, -0.2) is 0 Å². The fourth-order valence-electron chi connectivity index (χ4n) is 4.52. The van der Waals surface area contributed by atoms with Crippen LogP contribution in [-0.2, 0) is 0 Å². The van der Waals surface area contributed by atoms with Crippen LogP contribution in [0.15, 0.2) is 0 Å². The molecular weight excluding hydrogens is 258 g/mol. The van der Waals surface area contributed by atoms with Crippen LogP contribution in [-0.4, -0.2) is 61.7 Å². The predicted molar refractivity (Wildman–Crippen MR) is 89.6 cm³/mol. The molecule has 1 unspecified atom stereocenters. The first kappa shape index (κ1) is 15.8. The van der Waals surface area contributed by atoms with Gasteiger partial charge in [-0.2, -0.15) is 0 Å². The molecule has 3 nitrogen and oxygen atoms in total. The molecule has 21 heavy (non-hydrogen) atoms. The van der Waals surface area contributed by atoms with E-state index in [2.05, 4.69) is 29.0 Å². The Hall–Kier alpha value is -0.120. The summed E-state index contributed by atoms with van der Waals surface area (Å²) in [5, 5.41) is 3.78. The van der Waals surface area contributed by atoms with Gasteiger partial charge in [-0.15, -0.1) is 0 Å². The highest BCUT2D eigenvalue weighted by molar-refractivity contribution is 4.91. The third kappa shape index (κ3) is 4.20. The van der Waals surface area contributed by atoms with Crippen molar-refractivity contribution in [3.63, 3.8) is 0 Å². The zero-order chi connectivity index (χ0) is 14.7. The second kappa shape index (κ2) is 6.97. The van der Waals surface area contributed by atoms with Gasteiger partial charge in [0, 0.05) is 19.1 Å². The van der Waals surface area contributed by atoms with Crippen molar-refractivity contribution in [1.82, 2.24) is 15.1 Å². The summed E-state index contributed by atoms with van der Waals surface area (Å²) >= 11 is 0. The molecule has 3 fully saturated rings. The smallest absolute Gasteiger partial charge is 0.0246 e. The van der Waals surface area contributed by atoms with E-state index in [-0.39, 0.29) is 0 Å². The van der Waals surface area contributed by atoms with Crippen LogP contribution in [0.3, 0.4) is 0 Å². The molecule has 122 valence electrons. The lowest BCUT2D eigenvalue weighted by molar-refractivity contribution is 0.0954. The lowest BCUT2D eigenvalue weighted by Crippen LogP contribution is -2.54. The van der Waals surface area contributed by atoms with Crippen molar-refractivity contribution in [3.05, 3.63) is 0 Å². The molecule has 1 atom stereocenters. The third-order valence-corrected chi connectivity index (χ3v) is 6.19. The van der Waals surface area contributed by atoms with Crippen LogP contribution in [0.25, 0.3) is 0 Å². The number of rotatable bonds is 4. The maximum atomic E-state index is 3.78. The second-order valence-electron chi connectivity index (χ2n) is 8.35. The monoisotopic (exact) mass is 293 g/mol. The van der Waals surface area contributed by atoms with E-state index in [1.54, 1.807) is 0 Å². The largest absolute Gasteiger partial charge is 0.312 e. The molecule has 3 aliphatic rings. The van der Waals surface area contributed by atoms with E-state index < -0.39 is 0 Å². The normalized spacial score (nSPS) is 32.6. The zero-order valence-corrected chi connectivity index (χ0v) is 14.2. The SMILES string of the molecule is CC1(C)CCCNC1CN1CCC(CN2CCCC2)CC1. The molecule has 0 aromatic carbocycles. The molecule has 3 heterocycles. The number of nitrogens with zero attached hydrogens (tertiary/aromatic N) is 2. The van der Waals surface area contributed by atoms with Gasteiger partial charge in [0.1, 0.15) is 0 Å². The molecule has 0 spiro atoms. The van der Waals surface area contributed by atoms with Gasteiger partial charge in [0.25, 0.3) is 0 Å². The Bertz CT molecular complexity index is 314. The van der Waals surface area contributed by atoms with Crippen molar-refractivity contribution in [2.24, 2.45) is 11.3 Å². The molecule has 0 saturated carbocycles. The van der Waals surface area contributed by atoms with Gasteiger partial charge >= 0.3 is 0 Å². The molecule has 0 aromatic heterocycles. The van der Waals surface area contributed by atoms with E-state index in [0.29, 0.717) is 11.5 Å². The van der Waals surface area contributed by atoms with Crippen molar-refractivity contribution in [3.8, 4) is 0 Å². The first-order chi connectivity index (χ1) is 10.1. The standard InChI is InChI=1S/C18H35N3/c1-18(2)8-5-9-19-17(18)15-21-12-6-16(7-13-21)14-20-10-3-4-11-20/h16-17,19H,3-15H2,1-2H3. The molecule has 0 radical (unpaired) electrons. The number of hydrogen-bond acceptors (Lipinski definition) is 3. The number of nitrogens with one attached hydrogen (secondary N) is 1. The van der Waals surface area contributed by atoms with E-state index in [1.807, 2.05) is 0 Å². The third-order valence-electron chi connectivity index (χ3n) is 6.19. The van der Waals surface area contributed by atoms with Crippen LogP contribution < -0.4 is 5.32 Å². The van der Waals surface area contributed by atoms with E-state index in [0.717, 1.165) is 5.92 Å². The first-order valence-electron chi connectivity index (χ1n) is 9.31. The van der Waals surface area contributed by atoms with Crippen molar-refractivity contribution in [2.45, 2.75) is 58.4 Å². The van der Waals surface area contributed by atoms with E-state index in [1.165, 1.54) is 84.3 Å². The second-order valence-corrected chi connectivity index (χ2v) is 8.35. The molecule has 0 bridgehead atoms.